The number of aromatic nitrogens is 1. The summed E-state index contributed by atoms with van der Waals surface area (Å²) in [5.41, 5.74) is 0.921. The topological polar surface area (TPSA) is 134 Å². The Bertz CT molecular complexity index is 1390. The van der Waals surface area contributed by atoms with Crippen molar-refractivity contribution in [2.75, 3.05) is 0 Å². The first kappa shape index (κ1) is 26.7. The van der Waals surface area contributed by atoms with Gasteiger partial charge in [-0.3, -0.25) is 34.3 Å². The Hall–Kier alpha value is -4.40. The number of imide groups is 1. The lowest BCUT2D eigenvalue weighted by Crippen LogP contribution is -2.49. The normalized spacial score (nSPS) is 18.6. The second kappa shape index (κ2) is 11.3. The molecule has 0 radical (unpaired) electrons. The standard InChI is InChI=1S/C29H30N4O5/c1-16(2)25(26(35)24-17(3)27(36)33-29(24)38)32-23(34)14-21(18-9-5-4-6-10-18)31-28(37)22-13-19-11-7-8-12-20(19)15-30-22/h4-13,15-17,21,24-25H,14H2,1-3H3,(H,31,37)(H,32,34)(H,33,36,38)/t17-,21+,24-,25-/m1/s1. The fraction of sp³-hybridized carbons (Fsp3) is 0.310. The highest BCUT2D eigenvalue weighted by Gasteiger charge is 2.46. The third-order valence-corrected chi connectivity index (χ3v) is 6.80. The second-order valence-electron chi connectivity index (χ2n) is 9.87. The molecule has 0 bridgehead atoms. The number of hydrogen-bond donors (Lipinski definition) is 3. The summed E-state index contributed by atoms with van der Waals surface area (Å²) >= 11 is 0. The van der Waals surface area contributed by atoms with Gasteiger partial charge >= 0.3 is 0 Å². The monoisotopic (exact) mass is 514 g/mol. The van der Waals surface area contributed by atoms with Crippen LogP contribution in [0.25, 0.3) is 10.8 Å². The van der Waals surface area contributed by atoms with Crippen molar-refractivity contribution in [3.63, 3.8) is 0 Å². The first-order chi connectivity index (χ1) is 18.2. The number of amides is 4. The summed E-state index contributed by atoms with van der Waals surface area (Å²) < 4.78 is 0. The summed E-state index contributed by atoms with van der Waals surface area (Å²) in [4.78, 5) is 67.9. The van der Waals surface area contributed by atoms with E-state index < -0.39 is 53.3 Å². The molecule has 196 valence electrons. The van der Waals surface area contributed by atoms with E-state index in [1.807, 2.05) is 30.3 Å². The molecule has 4 rings (SSSR count). The Morgan fingerprint density at radius 3 is 2.21 bits per heavy atom. The van der Waals surface area contributed by atoms with Crippen LogP contribution in [0, 0.1) is 17.8 Å². The van der Waals surface area contributed by atoms with Crippen LogP contribution in [-0.4, -0.2) is 40.4 Å². The Kier molecular flexibility index (Phi) is 7.95. The minimum atomic E-state index is -1.15. The first-order valence-corrected chi connectivity index (χ1v) is 12.5. The van der Waals surface area contributed by atoms with E-state index in [1.54, 1.807) is 50.4 Å². The van der Waals surface area contributed by atoms with Gasteiger partial charge in [-0.25, -0.2) is 0 Å². The zero-order chi connectivity index (χ0) is 27.4. The van der Waals surface area contributed by atoms with Gasteiger partial charge in [-0.1, -0.05) is 75.4 Å². The Morgan fingerprint density at radius 2 is 1.58 bits per heavy atom. The third-order valence-electron chi connectivity index (χ3n) is 6.80. The van der Waals surface area contributed by atoms with E-state index in [1.165, 1.54) is 6.92 Å². The lowest BCUT2D eigenvalue weighted by molar-refractivity contribution is -0.137. The third kappa shape index (κ3) is 5.77. The van der Waals surface area contributed by atoms with Crippen molar-refractivity contribution in [1.29, 1.82) is 0 Å². The lowest BCUT2D eigenvalue weighted by atomic mass is 9.85. The summed E-state index contributed by atoms with van der Waals surface area (Å²) in [6.45, 7) is 5.03. The molecule has 2 aromatic carbocycles. The van der Waals surface area contributed by atoms with Crippen molar-refractivity contribution >= 4 is 40.2 Å². The van der Waals surface area contributed by atoms with Crippen molar-refractivity contribution < 1.29 is 24.0 Å². The molecule has 0 saturated carbocycles. The summed E-state index contributed by atoms with van der Waals surface area (Å²) in [5.74, 6) is -4.86. The molecule has 3 N–H and O–H groups in total. The van der Waals surface area contributed by atoms with E-state index in [-0.39, 0.29) is 18.0 Å². The molecule has 9 heteroatoms. The molecule has 4 atom stereocenters. The van der Waals surface area contributed by atoms with Crippen LogP contribution in [0.3, 0.4) is 0 Å². The molecule has 4 amide bonds. The highest BCUT2D eigenvalue weighted by atomic mass is 16.2. The van der Waals surface area contributed by atoms with Gasteiger partial charge in [0.05, 0.1) is 24.4 Å². The van der Waals surface area contributed by atoms with Crippen molar-refractivity contribution in [2.24, 2.45) is 17.8 Å². The van der Waals surface area contributed by atoms with Crippen LogP contribution >= 0.6 is 0 Å². The molecular formula is C29H30N4O5. The number of nitrogens with one attached hydrogen (secondary N) is 3. The number of carbonyl (C=O) groups is 5. The maximum Gasteiger partial charge on any atom is 0.270 e. The number of pyridine rings is 1. The molecule has 1 fully saturated rings. The Labute approximate surface area is 220 Å². The maximum absolute atomic E-state index is 13.2. The van der Waals surface area contributed by atoms with E-state index in [0.717, 1.165) is 10.8 Å². The van der Waals surface area contributed by atoms with Crippen LogP contribution in [-0.2, 0) is 19.2 Å². The minimum Gasteiger partial charge on any atom is -0.346 e. The number of Topliss-reactive ketones (excluding diaryl/α,β-unsaturated/α-hetero) is 1. The van der Waals surface area contributed by atoms with Gasteiger partial charge in [0.2, 0.25) is 17.7 Å². The van der Waals surface area contributed by atoms with E-state index in [9.17, 15) is 24.0 Å². The Balaban J connectivity index is 1.51. The fourth-order valence-electron chi connectivity index (χ4n) is 4.62. The van der Waals surface area contributed by atoms with Gasteiger partial charge in [0.25, 0.3) is 5.91 Å². The Morgan fingerprint density at radius 1 is 0.921 bits per heavy atom. The van der Waals surface area contributed by atoms with E-state index in [4.69, 9.17) is 0 Å². The maximum atomic E-state index is 13.2. The molecule has 0 spiro atoms. The van der Waals surface area contributed by atoms with E-state index in [2.05, 4.69) is 20.9 Å². The van der Waals surface area contributed by atoms with E-state index in [0.29, 0.717) is 5.56 Å². The number of rotatable bonds is 9. The summed E-state index contributed by atoms with van der Waals surface area (Å²) in [7, 11) is 0. The molecule has 0 aliphatic carbocycles. The van der Waals surface area contributed by atoms with Crippen molar-refractivity contribution in [2.45, 2.75) is 39.3 Å². The highest BCUT2D eigenvalue weighted by molar-refractivity contribution is 6.16. The SMILES string of the molecule is CC(C)[C@@H](NC(=O)C[C@H](NC(=O)c1cc2ccccc2cn1)c1ccccc1)C(=O)[C@@H]1C(=O)NC(=O)[C@@H]1C. The summed E-state index contributed by atoms with van der Waals surface area (Å²) in [6.07, 6.45) is 1.48. The second-order valence-corrected chi connectivity index (χ2v) is 9.87. The van der Waals surface area contributed by atoms with Gasteiger partial charge in [0.15, 0.2) is 5.78 Å². The lowest BCUT2D eigenvalue weighted by Gasteiger charge is -2.26. The number of benzene rings is 2. The van der Waals surface area contributed by atoms with Gasteiger partial charge < -0.3 is 10.6 Å². The van der Waals surface area contributed by atoms with Crippen LogP contribution in [0.5, 0.6) is 0 Å². The minimum absolute atomic E-state index is 0.148. The summed E-state index contributed by atoms with van der Waals surface area (Å²) in [5, 5.41) is 9.58. The van der Waals surface area contributed by atoms with Gasteiger partial charge in [0, 0.05) is 11.6 Å². The summed E-state index contributed by atoms with van der Waals surface area (Å²) in [6, 6.07) is 16.6. The first-order valence-electron chi connectivity index (χ1n) is 12.5. The van der Waals surface area contributed by atoms with Crippen LogP contribution < -0.4 is 16.0 Å². The van der Waals surface area contributed by atoms with Crippen molar-refractivity contribution in [3.05, 3.63) is 78.1 Å². The number of hydrogen-bond acceptors (Lipinski definition) is 6. The molecule has 1 aliphatic heterocycles. The predicted molar refractivity (Wildman–Crippen MR) is 141 cm³/mol. The largest absolute Gasteiger partial charge is 0.346 e. The van der Waals surface area contributed by atoms with Crippen LogP contribution in [0.1, 0.15) is 49.3 Å². The van der Waals surface area contributed by atoms with Gasteiger partial charge in [-0.2, -0.15) is 0 Å². The molecule has 2 heterocycles. The zero-order valence-electron chi connectivity index (χ0n) is 21.4. The molecular weight excluding hydrogens is 484 g/mol. The quantitative estimate of drug-likeness (QED) is 0.297. The smallest absolute Gasteiger partial charge is 0.270 e. The molecule has 3 aromatic rings. The number of carbonyl (C=O) groups excluding carboxylic acids is 5. The predicted octanol–water partition coefficient (Wildman–Crippen LogP) is 2.71. The van der Waals surface area contributed by atoms with Crippen LogP contribution in [0.4, 0.5) is 0 Å². The molecule has 1 aliphatic rings. The van der Waals surface area contributed by atoms with E-state index >= 15 is 0 Å². The molecule has 9 nitrogen and oxygen atoms in total. The molecule has 1 aromatic heterocycles. The van der Waals surface area contributed by atoms with Crippen molar-refractivity contribution in [3.8, 4) is 0 Å². The molecule has 0 unspecified atom stereocenters. The average Bonchev–Trinajstić information content (AvgIpc) is 3.17. The average molecular weight is 515 g/mol. The number of nitrogens with zero attached hydrogens (tertiary/aromatic N) is 1. The van der Waals surface area contributed by atoms with Gasteiger partial charge in [-0.15, -0.1) is 0 Å². The molecule has 38 heavy (non-hydrogen) atoms. The highest BCUT2D eigenvalue weighted by Crippen LogP contribution is 2.24. The number of fused-ring (bicyclic) bond motifs is 1. The number of ketones is 1. The van der Waals surface area contributed by atoms with Crippen molar-refractivity contribution in [1.82, 2.24) is 20.9 Å². The van der Waals surface area contributed by atoms with Crippen LogP contribution in [0.15, 0.2) is 66.9 Å². The van der Waals surface area contributed by atoms with Gasteiger partial charge in [0.1, 0.15) is 11.6 Å². The molecule has 1 saturated heterocycles. The fourth-order valence-corrected chi connectivity index (χ4v) is 4.62. The van der Waals surface area contributed by atoms with Gasteiger partial charge in [-0.05, 0) is 22.9 Å². The van der Waals surface area contributed by atoms with Crippen LogP contribution in [0.2, 0.25) is 0 Å². The zero-order valence-corrected chi connectivity index (χ0v) is 21.4.